The summed E-state index contributed by atoms with van der Waals surface area (Å²) in [6.45, 7) is 7.41. The fourth-order valence-electron chi connectivity index (χ4n) is 2.48. The molecule has 2 aromatic carbocycles. The third kappa shape index (κ3) is 4.87. The first-order chi connectivity index (χ1) is 10.1. The van der Waals surface area contributed by atoms with E-state index in [4.69, 9.17) is 11.6 Å². The van der Waals surface area contributed by atoms with Crippen molar-refractivity contribution in [3.05, 3.63) is 70.2 Å². The van der Waals surface area contributed by atoms with Gasteiger partial charge >= 0.3 is 0 Å². The van der Waals surface area contributed by atoms with Crippen molar-refractivity contribution >= 4 is 11.6 Å². The van der Waals surface area contributed by atoms with Gasteiger partial charge in [-0.1, -0.05) is 73.5 Å². The first-order valence-electron chi connectivity index (χ1n) is 7.59. The molecule has 2 aromatic rings. The predicted octanol–water partition coefficient (Wildman–Crippen LogP) is 4.97. The zero-order chi connectivity index (χ0) is 15.2. The van der Waals surface area contributed by atoms with Crippen molar-refractivity contribution in [3.8, 4) is 0 Å². The molecule has 0 heterocycles. The van der Waals surface area contributed by atoms with Crippen LogP contribution < -0.4 is 5.32 Å². The lowest BCUT2D eigenvalue weighted by Gasteiger charge is -2.21. The summed E-state index contributed by atoms with van der Waals surface area (Å²) in [6.07, 6.45) is 1.00. The Morgan fingerprint density at radius 1 is 1.00 bits per heavy atom. The Bertz CT molecular complexity index is 560. The maximum Gasteiger partial charge on any atom is 0.0441 e. The van der Waals surface area contributed by atoms with E-state index in [2.05, 4.69) is 62.5 Å². The molecule has 2 heteroatoms. The molecule has 21 heavy (non-hydrogen) atoms. The maximum atomic E-state index is 6.40. The molecule has 0 saturated heterocycles. The van der Waals surface area contributed by atoms with Gasteiger partial charge in [-0.05, 0) is 30.5 Å². The molecule has 0 bridgehead atoms. The SMILES string of the molecule is Cc1ccc(CC(CNC(C)C)c2ccccc2Cl)cc1. The van der Waals surface area contributed by atoms with E-state index >= 15 is 0 Å². The molecule has 0 aromatic heterocycles. The van der Waals surface area contributed by atoms with E-state index in [9.17, 15) is 0 Å². The van der Waals surface area contributed by atoms with Gasteiger partial charge in [0.05, 0.1) is 0 Å². The lowest BCUT2D eigenvalue weighted by atomic mass is 9.91. The molecule has 112 valence electrons. The molecule has 0 amide bonds. The molecule has 1 unspecified atom stereocenters. The van der Waals surface area contributed by atoms with E-state index < -0.39 is 0 Å². The van der Waals surface area contributed by atoms with Gasteiger partial charge in [-0.15, -0.1) is 0 Å². The quantitative estimate of drug-likeness (QED) is 0.794. The van der Waals surface area contributed by atoms with Crippen molar-refractivity contribution in [3.63, 3.8) is 0 Å². The average molecular weight is 302 g/mol. The van der Waals surface area contributed by atoms with Crippen LogP contribution in [0, 0.1) is 6.92 Å². The van der Waals surface area contributed by atoms with Gasteiger partial charge in [-0.2, -0.15) is 0 Å². The molecule has 0 spiro atoms. The number of halogens is 1. The summed E-state index contributed by atoms with van der Waals surface area (Å²) in [5.41, 5.74) is 3.89. The van der Waals surface area contributed by atoms with Crippen LogP contribution in [0.3, 0.4) is 0 Å². The molecule has 1 nitrogen and oxygen atoms in total. The summed E-state index contributed by atoms with van der Waals surface area (Å²) in [7, 11) is 0. The van der Waals surface area contributed by atoms with Crippen molar-refractivity contribution in [2.45, 2.75) is 39.2 Å². The van der Waals surface area contributed by atoms with E-state index in [-0.39, 0.29) is 0 Å². The molecule has 0 aliphatic heterocycles. The summed E-state index contributed by atoms with van der Waals surface area (Å²) in [6, 6.07) is 17.4. The molecule has 0 radical (unpaired) electrons. The van der Waals surface area contributed by atoms with Gasteiger partial charge in [0.1, 0.15) is 0 Å². The number of aryl methyl sites for hydroxylation is 1. The standard InChI is InChI=1S/C19H24ClN/c1-14(2)21-13-17(18-6-4-5-7-19(18)20)12-16-10-8-15(3)9-11-16/h4-11,14,17,21H,12-13H2,1-3H3. The molecule has 1 N–H and O–H groups in total. The highest BCUT2D eigenvalue weighted by atomic mass is 35.5. The molecule has 0 saturated carbocycles. The van der Waals surface area contributed by atoms with Crippen LogP contribution in [0.5, 0.6) is 0 Å². The highest BCUT2D eigenvalue weighted by molar-refractivity contribution is 6.31. The van der Waals surface area contributed by atoms with Crippen LogP contribution >= 0.6 is 11.6 Å². The Balaban J connectivity index is 2.19. The fourth-order valence-corrected chi connectivity index (χ4v) is 2.77. The van der Waals surface area contributed by atoms with Crippen LogP contribution in [0.25, 0.3) is 0 Å². The number of hydrogen-bond donors (Lipinski definition) is 1. The minimum absolute atomic E-state index is 0.392. The van der Waals surface area contributed by atoms with Gasteiger partial charge in [0.2, 0.25) is 0 Å². The Kier molecular flexibility index (Phi) is 5.84. The molecule has 2 rings (SSSR count). The molecular formula is C19H24ClN. The number of rotatable bonds is 6. The second-order valence-corrected chi connectivity index (χ2v) is 6.38. The van der Waals surface area contributed by atoms with Gasteiger partial charge in [0, 0.05) is 23.5 Å². The Labute approximate surface area is 133 Å². The van der Waals surface area contributed by atoms with E-state index in [1.165, 1.54) is 16.7 Å². The minimum atomic E-state index is 0.392. The summed E-state index contributed by atoms with van der Waals surface area (Å²) in [5.74, 6) is 0.392. The van der Waals surface area contributed by atoms with Crippen molar-refractivity contribution in [1.82, 2.24) is 5.32 Å². The van der Waals surface area contributed by atoms with Crippen LogP contribution in [0.15, 0.2) is 48.5 Å². The maximum absolute atomic E-state index is 6.40. The van der Waals surface area contributed by atoms with E-state index in [0.29, 0.717) is 12.0 Å². The normalized spacial score (nSPS) is 12.6. The lowest BCUT2D eigenvalue weighted by Crippen LogP contribution is -2.29. The minimum Gasteiger partial charge on any atom is -0.314 e. The smallest absolute Gasteiger partial charge is 0.0441 e. The molecule has 0 aliphatic rings. The van der Waals surface area contributed by atoms with Crippen LogP contribution in [0.2, 0.25) is 5.02 Å². The van der Waals surface area contributed by atoms with Crippen molar-refractivity contribution < 1.29 is 0 Å². The Morgan fingerprint density at radius 2 is 1.67 bits per heavy atom. The van der Waals surface area contributed by atoms with Crippen LogP contribution in [0.1, 0.15) is 36.5 Å². The number of benzene rings is 2. The highest BCUT2D eigenvalue weighted by Gasteiger charge is 2.15. The van der Waals surface area contributed by atoms with Gasteiger partial charge in [0.15, 0.2) is 0 Å². The van der Waals surface area contributed by atoms with Gasteiger partial charge in [0.25, 0.3) is 0 Å². The zero-order valence-corrected chi connectivity index (χ0v) is 13.8. The third-order valence-electron chi connectivity index (χ3n) is 3.72. The highest BCUT2D eigenvalue weighted by Crippen LogP contribution is 2.27. The summed E-state index contributed by atoms with van der Waals surface area (Å²) in [4.78, 5) is 0. The summed E-state index contributed by atoms with van der Waals surface area (Å²) >= 11 is 6.40. The second kappa shape index (κ2) is 7.63. The molecular weight excluding hydrogens is 278 g/mol. The zero-order valence-electron chi connectivity index (χ0n) is 13.1. The van der Waals surface area contributed by atoms with Crippen molar-refractivity contribution in [2.75, 3.05) is 6.54 Å². The second-order valence-electron chi connectivity index (χ2n) is 5.97. The van der Waals surface area contributed by atoms with Crippen LogP contribution in [-0.2, 0) is 6.42 Å². The molecule has 0 fully saturated rings. The van der Waals surface area contributed by atoms with Crippen LogP contribution in [-0.4, -0.2) is 12.6 Å². The van der Waals surface area contributed by atoms with E-state index in [0.717, 1.165) is 18.0 Å². The van der Waals surface area contributed by atoms with Gasteiger partial charge in [-0.3, -0.25) is 0 Å². The van der Waals surface area contributed by atoms with Gasteiger partial charge in [-0.25, -0.2) is 0 Å². The topological polar surface area (TPSA) is 12.0 Å². The predicted molar refractivity (Wildman–Crippen MR) is 92.2 cm³/mol. The first kappa shape index (κ1) is 16.1. The van der Waals surface area contributed by atoms with E-state index in [1.807, 2.05) is 12.1 Å². The van der Waals surface area contributed by atoms with Crippen LogP contribution in [0.4, 0.5) is 0 Å². The third-order valence-corrected chi connectivity index (χ3v) is 4.06. The van der Waals surface area contributed by atoms with Crippen molar-refractivity contribution in [1.29, 1.82) is 0 Å². The average Bonchev–Trinajstić information content (AvgIpc) is 2.46. The molecule has 1 atom stereocenters. The summed E-state index contributed by atoms with van der Waals surface area (Å²) in [5, 5.41) is 4.41. The Morgan fingerprint density at radius 3 is 2.29 bits per heavy atom. The largest absolute Gasteiger partial charge is 0.314 e. The van der Waals surface area contributed by atoms with Crippen molar-refractivity contribution in [2.24, 2.45) is 0 Å². The number of nitrogens with one attached hydrogen (secondary N) is 1. The van der Waals surface area contributed by atoms with E-state index in [1.54, 1.807) is 0 Å². The monoisotopic (exact) mass is 301 g/mol. The number of hydrogen-bond acceptors (Lipinski definition) is 1. The fraction of sp³-hybridized carbons (Fsp3) is 0.368. The summed E-state index contributed by atoms with van der Waals surface area (Å²) < 4.78 is 0. The van der Waals surface area contributed by atoms with Gasteiger partial charge < -0.3 is 5.32 Å². The first-order valence-corrected chi connectivity index (χ1v) is 7.97. The Hall–Kier alpha value is -1.31. The molecule has 0 aliphatic carbocycles. The lowest BCUT2D eigenvalue weighted by molar-refractivity contribution is 0.527.